The summed E-state index contributed by atoms with van der Waals surface area (Å²) < 4.78 is 27.5. The third-order valence-electron chi connectivity index (χ3n) is 5.14. The summed E-state index contributed by atoms with van der Waals surface area (Å²) in [6, 6.07) is 13.5. The summed E-state index contributed by atoms with van der Waals surface area (Å²) in [6.07, 6.45) is 4.91. The van der Waals surface area contributed by atoms with Gasteiger partial charge in [-0.2, -0.15) is 4.31 Å². The first-order chi connectivity index (χ1) is 14.9. The summed E-state index contributed by atoms with van der Waals surface area (Å²) in [5, 5.41) is 2.80. The van der Waals surface area contributed by atoms with Gasteiger partial charge in [0.15, 0.2) is 0 Å². The summed E-state index contributed by atoms with van der Waals surface area (Å²) in [4.78, 5) is 22.9. The van der Waals surface area contributed by atoms with Crippen LogP contribution in [0.2, 0.25) is 0 Å². The van der Waals surface area contributed by atoms with Crippen molar-refractivity contribution in [3.05, 3.63) is 78.2 Å². The number of hydrogen-bond donors (Lipinski definition) is 1. The first-order valence-electron chi connectivity index (χ1n) is 9.93. The molecule has 1 aliphatic heterocycles. The maximum atomic E-state index is 13.0. The Morgan fingerprint density at radius 3 is 2.39 bits per heavy atom. The number of amides is 1. The van der Waals surface area contributed by atoms with Gasteiger partial charge in [0, 0.05) is 49.8 Å². The van der Waals surface area contributed by atoms with Crippen LogP contribution in [0.15, 0.2) is 72.0 Å². The monoisotopic (exact) mass is 437 g/mol. The van der Waals surface area contributed by atoms with Crippen LogP contribution in [0.25, 0.3) is 0 Å². The van der Waals surface area contributed by atoms with Crippen LogP contribution >= 0.6 is 0 Å². The van der Waals surface area contributed by atoms with E-state index in [-0.39, 0.29) is 10.8 Å². The number of nitrogens with one attached hydrogen (secondary N) is 1. The van der Waals surface area contributed by atoms with Crippen molar-refractivity contribution in [2.24, 2.45) is 0 Å². The van der Waals surface area contributed by atoms with Crippen molar-refractivity contribution in [2.45, 2.75) is 11.8 Å². The normalized spacial score (nSPS) is 14.9. The Morgan fingerprint density at radius 1 is 1.00 bits per heavy atom. The zero-order valence-electron chi connectivity index (χ0n) is 17.1. The fourth-order valence-corrected chi connectivity index (χ4v) is 4.88. The highest BCUT2D eigenvalue weighted by atomic mass is 32.2. The molecule has 0 spiro atoms. The first kappa shape index (κ1) is 21.0. The standard InChI is InChI=1S/C22H23N5O3S/c1-17-3-2-4-18(15-17)22(28)25-19-5-7-20(8-6-19)31(29,30)27-13-11-26(12-14-27)21-16-23-9-10-24-21/h2-10,15-16H,11-14H2,1H3,(H,25,28). The minimum atomic E-state index is -3.61. The maximum absolute atomic E-state index is 13.0. The van der Waals surface area contributed by atoms with Gasteiger partial charge in [0.25, 0.3) is 5.91 Å². The number of benzene rings is 2. The third-order valence-corrected chi connectivity index (χ3v) is 7.06. The van der Waals surface area contributed by atoms with Crippen molar-refractivity contribution in [1.82, 2.24) is 14.3 Å². The molecule has 1 saturated heterocycles. The summed E-state index contributed by atoms with van der Waals surface area (Å²) in [5.74, 6) is 0.507. The second-order valence-electron chi connectivity index (χ2n) is 7.30. The van der Waals surface area contributed by atoms with E-state index in [2.05, 4.69) is 15.3 Å². The highest BCUT2D eigenvalue weighted by Crippen LogP contribution is 2.21. The lowest BCUT2D eigenvalue weighted by Gasteiger charge is -2.34. The number of carbonyl (C=O) groups excluding carboxylic acids is 1. The molecule has 2 aromatic carbocycles. The molecule has 0 radical (unpaired) electrons. The minimum Gasteiger partial charge on any atom is -0.353 e. The second kappa shape index (κ2) is 8.83. The predicted octanol–water partition coefficient (Wildman–Crippen LogP) is 2.55. The average molecular weight is 438 g/mol. The van der Waals surface area contributed by atoms with Crippen molar-refractivity contribution in [3.8, 4) is 0 Å². The van der Waals surface area contributed by atoms with Crippen LogP contribution in [0.4, 0.5) is 11.5 Å². The zero-order valence-corrected chi connectivity index (χ0v) is 17.9. The Balaban J connectivity index is 1.40. The SMILES string of the molecule is Cc1cccc(C(=O)Nc2ccc(S(=O)(=O)N3CCN(c4cnccn4)CC3)cc2)c1. The molecular weight excluding hydrogens is 414 g/mol. The van der Waals surface area contributed by atoms with Gasteiger partial charge in [-0.05, 0) is 43.3 Å². The van der Waals surface area contributed by atoms with Crippen molar-refractivity contribution in [3.63, 3.8) is 0 Å². The quantitative estimate of drug-likeness (QED) is 0.659. The number of sulfonamides is 1. The lowest BCUT2D eigenvalue weighted by atomic mass is 10.1. The lowest BCUT2D eigenvalue weighted by molar-refractivity contribution is 0.102. The van der Waals surface area contributed by atoms with E-state index >= 15 is 0 Å². The molecule has 1 N–H and O–H groups in total. The maximum Gasteiger partial charge on any atom is 0.255 e. The predicted molar refractivity (Wildman–Crippen MR) is 119 cm³/mol. The van der Waals surface area contributed by atoms with Gasteiger partial charge in [-0.25, -0.2) is 13.4 Å². The Morgan fingerprint density at radius 2 is 1.74 bits per heavy atom. The first-order valence-corrected chi connectivity index (χ1v) is 11.4. The molecule has 1 aliphatic rings. The van der Waals surface area contributed by atoms with E-state index in [4.69, 9.17) is 0 Å². The molecule has 4 rings (SSSR count). The number of nitrogens with zero attached hydrogens (tertiary/aromatic N) is 4. The number of anilines is 2. The largest absolute Gasteiger partial charge is 0.353 e. The molecule has 1 amide bonds. The van der Waals surface area contributed by atoms with Gasteiger partial charge in [-0.15, -0.1) is 0 Å². The molecule has 0 atom stereocenters. The van der Waals surface area contributed by atoms with Crippen LogP contribution in [-0.4, -0.2) is 54.8 Å². The second-order valence-corrected chi connectivity index (χ2v) is 9.24. The fraction of sp³-hybridized carbons (Fsp3) is 0.227. The highest BCUT2D eigenvalue weighted by molar-refractivity contribution is 7.89. The van der Waals surface area contributed by atoms with Gasteiger partial charge >= 0.3 is 0 Å². The van der Waals surface area contributed by atoms with E-state index in [1.165, 1.54) is 16.4 Å². The molecule has 1 fully saturated rings. The van der Waals surface area contributed by atoms with E-state index in [9.17, 15) is 13.2 Å². The molecule has 0 aliphatic carbocycles. The summed E-state index contributed by atoms with van der Waals surface area (Å²) in [7, 11) is -3.61. The topological polar surface area (TPSA) is 95.5 Å². The van der Waals surface area contributed by atoms with Crippen LogP contribution in [0.5, 0.6) is 0 Å². The smallest absolute Gasteiger partial charge is 0.255 e. The van der Waals surface area contributed by atoms with Gasteiger partial charge in [-0.3, -0.25) is 9.78 Å². The summed E-state index contributed by atoms with van der Waals surface area (Å²) in [6.45, 7) is 3.74. The van der Waals surface area contributed by atoms with Crippen molar-refractivity contribution < 1.29 is 13.2 Å². The molecule has 8 nitrogen and oxygen atoms in total. The van der Waals surface area contributed by atoms with Gasteiger partial charge in [0.2, 0.25) is 10.0 Å². The molecule has 160 valence electrons. The third kappa shape index (κ3) is 4.73. The van der Waals surface area contributed by atoms with Gasteiger partial charge in [0.05, 0.1) is 11.1 Å². The zero-order chi connectivity index (χ0) is 21.8. The number of aromatic nitrogens is 2. The Kier molecular flexibility index (Phi) is 5.97. The minimum absolute atomic E-state index is 0.203. The average Bonchev–Trinajstić information content (AvgIpc) is 2.80. The van der Waals surface area contributed by atoms with Crippen LogP contribution < -0.4 is 10.2 Å². The molecule has 1 aromatic heterocycles. The Bertz CT molecular complexity index is 1160. The Labute approximate surface area is 181 Å². The van der Waals surface area contributed by atoms with E-state index in [1.807, 2.05) is 24.0 Å². The van der Waals surface area contributed by atoms with Crippen LogP contribution in [-0.2, 0) is 10.0 Å². The molecule has 9 heteroatoms. The van der Waals surface area contributed by atoms with Crippen molar-refractivity contribution in [2.75, 3.05) is 36.4 Å². The molecule has 0 bridgehead atoms. The summed E-state index contributed by atoms with van der Waals surface area (Å²) >= 11 is 0. The van der Waals surface area contributed by atoms with E-state index in [0.29, 0.717) is 37.4 Å². The van der Waals surface area contributed by atoms with E-state index in [1.54, 1.807) is 42.9 Å². The van der Waals surface area contributed by atoms with Crippen molar-refractivity contribution in [1.29, 1.82) is 0 Å². The van der Waals surface area contributed by atoms with Crippen LogP contribution in [0.3, 0.4) is 0 Å². The number of hydrogen-bond acceptors (Lipinski definition) is 6. The van der Waals surface area contributed by atoms with Gasteiger partial charge in [0.1, 0.15) is 5.82 Å². The number of piperazine rings is 1. The van der Waals surface area contributed by atoms with Gasteiger partial charge < -0.3 is 10.2 Å². The number of carbonyl (C=O) groups is 1. The fourth-order valence-electron chi connectivity index (χ4n) is 3.46. The molecule has 3 aromatic rings. The number of aryl methyl sites for hydroxylation is 1. The van der Waals surface area contributed by atoms with E-state index < -0.39 is 10.0 Å². The molecule has 0 unspecified atom stereocenters. The summed E-state index contributed by atoms with van der Waals surface area (Å²) in [5.41, 5.74) is 2.09. The lowest BCUT2D eigenvalue weighted by Crippen LogP contribution is -2.48. The van der Waals surface area contributed by atoms with Crippen LogP contribution in [0, 0.1) is 6.92 Å². The highest BCUT2D eigenvalue weighted by Gasteiger charge is 2.29. The molecule has 0 saturated carbocycles. The number of rotatable bonds is 5. The molecule has 31 heavy (non-hydrogen) atoms. The van der Waals surface area contributed by atoms with Crippen LogP contribution in [0.1, 0.15) is 15.9 Å². The van der Waals surface area contributed by atoms with Gasteiger partial charge in [-0.1, -0.05) is 17.7 Å². The van der Waals surface area contributed by atoms with Crippen molar-refractivity contribution >= 4 is 27.4 Å². The Hall–Kier alpha value is -3.30. The molecule has 2 heterocycles. The molecular formula is C22H23N5O3S. The van der Waals surface area contributed by atoms with E-state index in [0.717, 1.165) is 11.4 Å².